The van der Waals surface area contributed by atoms with Gasteiger partial charge in [-0.05, 0) is 182 Å². The summed E-state index contributed by atoms with van der Waals surface area (Å²) in [5, 5.41) is 47.2. The first-order valence-corrected chi connectivity index (χ1v) is 57.8. The molecule has 0 saturated carbocycles. The van der Waals surface area contributed by atoms with Crippen LogP contribution in [0.3, 0.4) is 0 Å². The van der Waals surface area contributed by atoms with Crippen molar-refractivity contribution in [2.45, 2.75) is 279 Å². The molecule has 16 rings (SSSR count). The van der Waals surface area contributed by atoms with Gasteiger partial charge in [0.05, 0.1) is 113 Å². The number of Topliss-reactive ketones (excluding diaryl/α,β-unsaturated/α-hetero) is 4. The number of β-amino-alcohol motifs (C(OH)–C–C–N with tert-alkyl or cyclic N) is 4. The SMILES string of the molecule is CSC[C@H](NC(=O)CCC(C)C)C(=O)N1C[C@H](O)C[C@H]1C(=O)CCc1ccc(-c2scnc2C)cc1.Cc1ncsc1-c1ccc(CCC(=O)[C@@H]2C[C@@H](O)CN2C(=O)[C@@H](NC(=O)CC(C)C)C(C)C)cc1.Cc1ncsc1-c1ccc(CCC(=O)[C@@H]2C[C@@H](O)CN2C(=O)[C@H](C(C)C)N2Cc3c(Br)cccc3C2=O)cc1.Cc1ncsc1-c1ccc(CCC(=O)[C@@H]2C[C@@H](O)CN2C(=O)[C@H](C(C)C)N2Cc3cc(Br)ccc3C2=O)cc1. The molecule has 6 aliphatic heterocycles. The Hall–Kier alpha value is -10.6. The van der Waals surface area contributed by atoms with Crippen molar-refractivity contribution in [1.82, 2.24) is 60.0 Å². The Morgan fingerprint density at radius 3 is 1.08 bits per heavy atom. The summed E-state index contributed by atoms with van der Waals surface area (Å²) < 4.78 is 1.72. The highest BCUT2D eigenvalue weighted by atomic mass is 79.9. The number of amides is 8. The second kappa shape index (κ2) is 53.1. The molecule has 0 bridgehead atoms. The summed E-state index contributed by atoms with van der Waals surface area (Å²) in [7, 11) is 0. The van der Waals surface area contributed by atoms with Gasteiger partial charge in [0.25, 0.3) is 11.8 Å². The Balaban J connectivity index is 0.000000166. The van der Waals surface area contributed by atoms with Crippen LogP contribution in [0.5, 0.6) is 0 Å². The molecule has 6 aliphatic rings. The number of thiazole rings is 4. The Labute approximate surface area is 910 Å². The van der Waals surface area contributed by atoms with Crippen LogP contribution in [-0.4, -0.2) is 251 Å². The summed E-state index contributed by atoms with van der Waals surface area (Å²) in [4.78, 5) is 190. The number of carbonyl (C=O) groups excluding carboxylic acids is 12. The zero-order valence-corrected chi connectivity index (χ0v) is 94.6. The first kappa shape index (κ1) is 116. The van der Waals surface area contributed by atoms with Crippen LogP contribution in [-0.2, 0) is 86.7 Å². The Morgan fingerprint density at radius 1 is 0.409 bits per heavy atom. The van der Waals surface area contributed by atoms with Crippen molar-refractivity contribution >= 4 is 159 Å². The maximum atomic E-state index is 13.9. The molecule has 4 saturated heterocycles. The van der Waals surface area contributed by atoms with Crippen LogP contribution in [0.4, 0.5) is 0 Å². The van der Waals surface area contributed by atoms with Crippen LogP contribution in [0.25, 0.3) is 41.8 Å². The van der Waals surface area contributed by atoms with E-state index in [0.29, 0.717) is 74.4 Å². The van der Waals surface area contributed by atoms with Crippen LogP contribution in [0, 0.1) is 57.3 Å². The van der Waals surface area contributed by atoms with Gasteiger partial charge in [0.1, 0.15) is 24.2 Å². The average molecular weight is 2250 g/mol. The third-order valence-corrected chi connectivity index (χ3v) is 34.1. The normalized spacial score (nSPS) is 19.1. The number of fused-ring (bicyclic) bond motifs is 2. The topological polar surface area (TPSA) is 381 Å². The molecule has 10 aromatic rings. The van der Waals surface area contributed by atoms with Gasteiger partial charge in [0.15, 0.2) is 23.1 Å². The summed E-state index contributed by atoms with van der Waals surface area (Å²) >= 11 is 14.9. The molecule has 10 heterocycles. The molecule has 6 aromatic carbocycles. The van der Waals surface area contributed by atoms with Crippen molar-refractivity contribution in [3.8, 4) is 41.8 Å². The van der Waals surface area contributed by atoms with E-state index in [1.165, 1.54) is 31.4 Å². The smallest absolute Gasteiger partial charge is 0.255 e. The lowest BCUT2D eigenvalue weighted by molar-refractivity contribution is -0.143. The lowest BCUT2D eigenvalue weighted by Gasteiger charge is -2.35. The second-order valence-electron chi connectivity index (χ2n) is 41.5. The summed E-state index contributed by atoms with van der Waals surface area (Å²) in [6.45, 7) is 28.4. The molecule has 0 unspecified atom stereocenters. The number of aliphatic hydroxyl groups is 4. The Kier molecular flexibility index (Phi) is 41.2. The summed E-state index contributed by atoms with van der Waals surface area (Å²) in [6, 6.07) is 38.0. The third kappa shape index (κ3) is 29.5. The van der Waals surface area contributed by atoms with E-state index in [9.17, 15) is 78.0 Å². The number of hydrogen-bond donors (Lipinski definition) is 6. The molecule has 12 atom stereocenters. The second-order valence-corrected chi connectivity index (χ2v) is 47.6. The van der Waals surface area contributed by atoms with Crippen LogP contribution in [0.2, 0.25) is 0 Å². The van der Waals surface area contributed by atoms with Crippen molar-refractivity contribution < 1.29 is 78.0 Å². The molecular weight excluding hydrogens is 2110 g/mol. The number of halogens is 2. The highest BCUT2D eigenvalue weighted by Crippen LogP contribution is 2.40. The fourth-order valence-electron chi connectivity index (χ4n) is 20.3. The molecule has 4 fully saturated rings. The minimum Gasteiger partial charge on any atom is -0.391 e. The molecule has 149 heavy (non-hydrogen) atoms. The van der Waals surface area contributed by atoms with Gasteiger partial charge >= 0.3 is 0 Å². The molecule has 0 spiro atoms. The van der Waals surface area contributed by atoms with Gasteiger partial charge in [-0.25, -0.2) is 19.9 Å². The van der Waals surface area contributed by atoms with Crippen LogP contribution >= 0.6 is 89.0 Å². The zero-order valence-electron chi connectivity index (χ0n) is 87.3. The molecule has 28 nitrogen and oxygen atoms in total. The van der Waals surface area contributed by atoms with E-state index < -0.39 is 72.8 Å². The lowest BCUT2D eigenvalue weighted by atomic mass is 9.98. The molecule has 35 heteroatoms. The minimum absolute atomic E-state index is 0.0590. The minimum atomic E-state index is -0.765. The monoisotopic (exact) mass is 2250 g/mol. The number of aromatic nitrogens is 4. The van der Waals surface area contributed by atoms with E-state index in [1.54, 1.807) is 67.3 Å². The number of aryl methyl sites for hydroxylation is 8. The largest absolute Gasteiger partial charge is 0.391 e. The Morgan fingerprint density at radius 2 is 0.758 bits per heavy atom. The van der Waals surface area contributed by atoms with Gasteiger partial charge in [-0.1, -0.05) is 204 Å². The maximum absolute atomic E-state index is 13.9. The number of nitrogens with zero attached hydrogens (tertiary/aromatic N) is 10. The fourth-order valence-corrected chi connectivity index (χ4v) is 25.0. The number of aliphatic hydroxyl groups excluding tert-OH is 4. The summed E-state index contributed by atoms with van der Waals surface area (Å²) in [5.41, 5.74) is 22.9. The number of rotatable bonds is 38. The molecule has 6 N–H and O–H groups in total. The third-order valence-electron chi connectivity index (χ3n) is 28.3. The first-order valence-electron chi connectivity index (χ1n) is 51.3. The van der Waals surface area contributed by atoms with E-state index in [2.05, 4.69) is 76.3 Å². The molecule has 0 radical (unpaired) electrons. The lowest BCUT2D eigenvalue weighted by Crippen LogP contribution is -2.54. The number of carbonyl (C=O) groups is 12. The highest BCUT2D eigenvalue weighted by Gasteiger charge is 2.50. The van der Waals surface area contributed by atoms with E-state index in [4.69, 9.17) is 0 Å². The van der Waals surface area contributed by atoms with Crippen molar-refractivity contribution in [3.05, 3.63) is 232 Å². The van der Waals surface area contributed by atoms with Gasteiger partial charge in [-0.3, -0.25) is 57.5 Å². The van der Waals surface area contributed by atoms with Gasteiger partial charge in [0.2, 0.25) is 35.4 Å². The van der Waals surface area contributed by atoms with E-state index in [-0.39, 0.29) is 172 Å². The van der Waals surface area contributed by atoms with E-state index in [0.717, 1.165) is 113 Å². The number of thioether (sulfide) groups is 1. The number of benzene rings is 6. The average Bonchev–Trinajstić information content (AvgIpc) is 1.61. The first-order chi connectivity index (χ1) is 71.0. The molecular formula is C114H138Br2N12O16S5. The fraction of sp³-hybridized carbons (Fsp3) is 0.474. The van der Waals surface area contributed by atoms with Gasteiger partial charge < -0.3 is 60.5 Å². The van der Waals surface area contributed by atoms with Gasteiger partial charge in [-0.2, -0.15) is 11.8 Å². The van der Waals surface area contributed by atoms with Crippen LogP contribution in [0.15, 0.2) is 164 Å². The van der Waals surface area contributed by atoms with Crippen molar-refractivity contribution in [1.29, 1.82) is 0 Å². The standard InChI is InChI=1S/2C30H32BrN3O4S.C27H37N3O4S2.C27H37N3O4S/c1-17(2)27(34-14-21-12-22(31)9-10-24(21)29(34)37)30(38)33-15-23(35)13-25(33)26(36)11-6-19-4-7-20(8-5-19)28-18(3)32-16-39-28;1-17(2)27(34-15-23-22(29(34)37)5-4-6-24(23)31)30(38)33-14-21(35)13-25(33)26(36)12-9-19-7-10-20(11-8-19)28-18(3)32-16-39-28;1-17(2)5-12-25(33)29-22(15-35-4)27(34)30-14-21(31)13-23(30)24(32)11-8-19-6-9-20(10-7-19)26-18(3)28-16-36-26;1-16(2)12-24(33)29-25(17(3)4)27(34)30-14-21(31)13-22(30)23(32)11-8-19-6-9-20(10-7-19)26-18(5)28-15-35-26/h4-5,7-10,12,16-17,23,25,27,35H,6,11,13-15H2,1-3H3;4-8,10-11,16-17,21,25,27,35H,9,12-15H2,1-3H3;6-7,9-10,16-17,21-23,31H,5,8,11-15H2,1-4H3,(H,29,33);6-7,9-10,15-17,21-22,25,31H,8,11-14H2,1-5H3,(H,29,33)/t23-,25+,27+;21-,25+,27+;21-,22+,23+;21-,22+,25+/m1111/s1. The highest BCUT2D eigenvalue weighted by molar-refractivity contribution is 9.10. The number of ketones is 4. The number of nitrogens with one attached hydrogen (secondary N) is 2. The van der Waals surface area contributed by atoms with E-state index in [1.807, 2.05) is 233 Å². The summed E-state index contributed by atoms with van der Waals surface area (Å²) in [5.74, 6) is -1.53. The van der Waals surface area contributed by atoms with Crippen molar-refractivity contribution in [3.63, 3.8) is 0 Å². The number of likely N-dealkylation sites (tertiary alicyclic amines) is 4. The molecule has 8 amide bonds. The van der Waals surface area contributed by atoms with Crippen LogP contribution < -0.4 is 10.6 Å². The number of hydrogen-bond acceptors (Lipinski definition) is 25. The van der Waals surface area contributed by atoms with Gasteiger partial charge in [0, 0.05) is 129 Å². The molecule has 4 aromatic heterocycles. The molecule has 794 valence electrons. The predicted octanol–water partition coefficient (Wildman–Crippen LogP) is 17.7. The Bertz CT molecular complexity index is 6390. The van der Waals surface area contributed by atoms with E-state index >= 15 is 0 Å². The summed E-state index contributed by atoms with van der Waals surface area (Å²) in [6.07, 6.45) is 4.58. The van der Waals surface area contributed by atoms with Gasteiger partial charge in [-0.15, -0.1) is 45.3 Å². The quantitative estimate of drug-likeness (QED) is 0.0209. The van der Waals surface area contributed by atoms with Crippen LogP contribution in [0.1, 0.15) is 217 Å². The zero-order chi connectivity index (χ0) is 108. The van der Waals surface area contributed by atoms with Crippen molar-refractivity contribution in [2.24, 2.45) is 29.6 Å². The van der Waals surface area contributed by atoms with Crippen molar-refractivity contribution in [2.75, 3.05) is 38.2 Å². The predicted molar refractivity (Wildman–Crippen MR) is 593 cm³/mol. The maximum Gasteiger partial charge on any atom is 0.255 e. The molecule has 0 aliphatic carbocycles.